The highest BCUT2D eigenvalue weighted by molar-refractivity contribution is 7.10. The highest BCUT2D eigenvalue weighted by atomic mass is 32.1. The summed E-state index contributed by atoms with van der Waals surface area (Å²) in [6, 6.07) is 2.50. The standard InChI is InChI=1S/C12H18N2OS/c1-9-3-6-16-11(9)7-12(15)14-5-4-13-10(2)8-14/h3,6,10,13H,4-5,7-8H2,1-2H3. The lowest BCUT2D eigenvalue weighted by Gasteiger charge is -2.31. The molecule has 0 aromatic carbocycles. The van der Waals surface area contributed by atoms with Crippen LogP contribution in [0.1, 0.15) is 17.4 Å². The van der Waals surface area contributed by atoms with Gasteiger partial charge in [-0.25, -0.2) is 0 Å². The van der Waals surface area contributed by atoms with E-state index in [2.05, 4.69) is 30.6 Å². The third-order valence-corrected chi connectivity index (χ3v) is 4.02. The quantitative estimate of drug-likeness (QED) is 0.845. The van der Waals surface area contributed by atoms with Crippen LogP contribution in [-0.4, -0.2) is 36.5 Å². The summed E-state index contributed by atoms with van der Waals surface area (Å²) in [5.41, 5.74) is 1.24. The summed E-state index contributed by atoms with van der Waals surface area (Å²) in [4.78, 5) is 15.2. The van der Waals surface area contributed by atoms with Gasteiger partial charge in [-0.2, -0.15) is 0 Å². The fraction of sp³-hybridized carbons (Fsp3) is 0.583. The zero-order valence-electron chi connectivity index (χ0n) is 9.82. The van der Waals surface area contributed by atoms with E-state index in [0.29, 0.717) is 12.5 Å². The Morgan fingerprint density at radius 2 is 2.50 bits per heavy atom. The zero-order chi connectivity index (χ0) is 11.5. The van der Waals surface area contributed by atoms with E-state index >= 15 is 0 Å². The van der Waals surface area contributed by atoms with Crippen LogP contribution in [0.3, 0.4) is 0 Å². The van der Waals surface area contributed by atoms with E-state index in [0.717, 1.165) is 19.6 Å². The fourth-order valence-corrected chi connectivity index (χ4v) is 2.89. The highest BCUT2D eigenvalue weighted by Gasteiger charge is 2.21. The van der Waals surface area contributed by atoms with Crippen LogP contribution in [0.15, 0.2) is 11.4 Å². The molecule has 1 N–H and O–H groups in total. The zero-order valence-corrected chi connectivity index (χ0v) is 10.6. The van der Waals surface area contributed by atoms with Gasteiger partial charge in [-0.1, -0.05) is 0 Å². The molecule has 1 aliphatic rings. The van der Waals surface area contributed by atoms with Crippen LogP contribution in [0.25, 0.3) is 0 Å². The molecule has 16 heavy (non-hydrogen) atoms. The lowest BCUT2D eigenvalue weighted by molar-refractivity contribution is -0.131. The van der Waals surface area contributed by atoms with Crippen molar-refractivity contribution in [1.29, 1.82) is 0 Å². The maximum Gasteiger partial charge on any atom is 0.227 e. The highest BCUT2D eigenvalue weighted by Crippen LogP contribution is 2.17. The van der Waals surface area contributed by atoms with Gasteiger partial charge in [-0.05, 0) is 30.9 Å². The molecule has 1 aliphatic heterocycles. The Labute approximate surface area is 100 Å². The first kappa shape index (κ1) is 11.6. The average molecular weight is 238 g/mol. The summed E-state index contributed by atoms with van der Waals surface area (Å²) in [6.07, 6.45) is 0.566. The van der Waals surface area contributed by atoms with E-state index in [1.165, 1.54) is 10.4 Å². The summed E-state index contributed by atoms with van der Waals surface area (Å²) in [5, 5.41) is 5.40. The molecule has 1 saturated heterocycles. The average Bonchev–Trinajstić information content (AvgIpc) is 2.64. The summed E-state index contributed by atoms with van der Waals surface area (Å²) in [5.74, 6) is 0.263. The van der Waals surface area contributed by atoms with Crippen LogP contribution in [0.4, 0.5) is 0 Å². The first-order valence-corrected chi connectivity index (χ1v) is 6.59. The van der Waals surface area contributed by atoms with Gasteiger partial charge < -0.3 is 10.2 Å². The molecule has 0 spiro atoms. The van der Waals surface area contributed by atoms with Crippen molar-refractivity contribution in [2.24, 2.45) is 0 Å². The van der Waals surface area contributed by atoms with Crippen LogP contribution in [0.5, 0.6) is 0 Å². The molecule has 88 valence electrons. The molecule has 4 heteroatoms. The van der Waals surface area contributed by atoms with Crippen molar-refractivity contribution in [3.63, 3.8) is 0 Å². The Kier molecular flexibility index (Phi) is 3.61. The van der Waals surface area contributed by atoms with Crippen LogP contribution < -0.4 is 5.32 Å². The van der Waals surface area contributed by atoms with Gasteiger partial charge in [0.2, 0.25) is 5.91 Å². The topological polar surface area (TPSA) is 32.3 Å². The molecule has 0 bridgehead atoms. The van der Waals surface area contributed by atoms with Gasteiger partial charge in [0, 0.05) is 30.6 Å². The molecule has 2 rings (SSSR count). The second-order valence-corrected chi connectivity index (χ2v) is 5.40. The Balaban J connectivity index is 1.95. The van der Waals surface area contributed by atoms with Crippen molar-refractivity contribution in [1.82, 2.24) is 10.2 Å². The first-order valence-electron chi connectivity index (χ1n) is 5.71. The summed E-state index contributed by atoms with van der Waals surface area (Å²) in [6.45, 7) is 6.78. The Bertz CT molecular complexity index is 375. The number of amides is 1. The van der Waals surface area contributed by atoms with Crippen molar-refractivity contribution in [3.05, 3.63) is 21.9 Å². The normalized spacial score (nSPS) is 21.1. The van der Waals surface area contributed by atoms with E-state index in [9.17, 15) is 4.79 Å². The molecule has 1 atom stereocenters. The molecule has 0 aliphatic carbocycles. The molecule has 1 aromatic heterocycles. The van der Waals surface area contributed by atoms with Crippen molar-refractivity contribution in [3.8, 4) is 0 Å². The smallest absolute Gasteiger partial charge is 0.227 e. The van der Waals surface area contributed by atoms with Gasteiger partial charge >= 0.3 is 0 Å². The molecular weight excluding hydrogens is 220 g/mol. The summed E-state index contributed by atoms with van der Waals surface area (Å²) in [7, 11) is 0. The lowest BCUT2D eigenvalue weighted by atomic mass is 10.2. The van der Waals surface area contributed by atoms with Crippen LogP contribution >= 0.6 is 11.3 Å². The number of hydrogen-bond acceptors (Lipinski definition) is 3. The summed E-state index contributed by atoms with van der Waals surface area (Å²) >= 11 is 1.68. The van der Waals surface area contributed by atoms with Crippen LogP contribution in [0, 0.1) is 6.92 Å². The largest absolute Gasteiger partial charge is 0.340 e. The van der Waals surface area contributed by atoms with E-state index in [1.807, 2.05) is 4.90 Å². The van der Waals surface area contributed by atoms with Crippen molar-refractivity contribution in [2.45, 2.75) is 26.3 Å². The maximum atomic E-state index is 12.1. The number of aryl methyl sites for hydroxylation is 1. The van der Waals surface area contributed by atoms with E-state index in [1.54, 1.807) is 11.3 Å². The van der Waals surface area contributed by atoms with Crippen LogP contribution in [0.2, 0.25) is 0 Å². The van der Waals surface area contributed by atoms with Gasteiger partial charge in [0.05, 0.1) is 6.42 Å². The van der Waals surface area contributed by atoms with E-state index in [-0.39, 0.29) is 5.91 Å². The predicted octanol–water partition coefficient (Wildman–Crippen LogP) is 1.42. The molecule has 2 heterocycles. The predicted molar refractivity (Wildman–Crippen MR) is 66.8 cm³/mol. The number of nitrogens with one attached hydrogen (secondary N) is 1. The third-order valence-electron chi connectivity index (χ3n) is 3.00. The molecule has 1 amide bonds. The summed E-state index contributed by atoms with van der Waals surface area (Å²) < 4.78 is 0. The number of nitrogens with zero attached hydrogens (tertiary/aromatic N) is 1. The Morgan fingerprint density at radius 3 is 3.12 bits per heavy atom. The SMILES string of the molecule is Cc1ccsc1CC(=O)N1CCNC(C)C1. The molecule has 3 nitrogen and oxygen atoms in total. The minimum atomic E-state index is 0.263. The Morgan fingerprint density at radius 1 is 1.69 bits per heavy atom. The number of thiophene rings is 1. The van der Waals surface area contributed by atoms with Crippen molar-refractivity contribution < 1.29 is 4.79 Å². The molecule has 1 fully saturated rings. The molecule has 1 aromatic rings. The number of rotatable bonds is 2. The second kappa shape index (κ2) is 4.97. The monoisotopic (exact) mass is 238 g/mol. The van der Waals surface area contributed by atoms with E-state index < -0.39 is 0 Å². The van der Waals surface area contributed by atoms with Gasteiger partial charge in [0.1, 0.15) is 0 Å². The van der Waals surface area contributed by atoms with Crippen molar-refractivity contribution >= 4 is 17.2 Å². The Hall–Kier alpha value is -0.870. The lowest BCUT2D eigenvalue weighted by Crippen LogP contribution is -2.51. The minimum Gasteiger partial charge on any atom is -0.340 e. The number of carbonyl (C=O) groups excluding carboxylic acids is 1. The third kappa shape index (κ3) is 2.62. The van der Waals surface area contributed by atoms with Gasteiger partial charge in [-0.15, -0.1) is 11.3 Å². The van der Waals surface area contributed by atoms with Gasteiger partial charge in [0.25, 0.3) is 0 Å². The first-order chi connectivity index (χ1) is 7.66. The van der Waals surface area contributed by atoms with Crippen molar-refractivity contribution in [2.75, 3.05) is 19.6 Å². The van der Waals surface area contributed by atoms with E-state index in [4.69, 9.17) is 0 Å². The second-order valence-electron chi connectivity index (χ2n) is 4.40. The minimum absolute atomic E-state index is 0.263. The number of piperazine rings is 1. The van der Waals surface area contributed by atoms with Gasteiger partial charge in [0.15, 0.2) is 0 Å². The molecule has 0 radical (unpaired) electrons. The fourth-order valence-electron chi connectivity index (χ4n) is 1.99. The number of hydrogen-bond donors (Lipinski definition) is 1. The maximum absolute atomic E-state index is 12.1. The van der Waals surface area contributed by atoms with Gasteiger partial charge in [-0.3, -0.25) is 4.79 Å². The molecular formula is C12H18N2OS. The molecule has 1 unspecified atom stereocenters. The molecule has 0 saturated carbocycles. The number of carbonyl (C=O) groups is 1. The van der Waals surface area contributed by atoms with Crippen LogP contribution in [-0.2, 0) is 11.2 Å².